The maximum Gasteiger partial charge on any atom is 0.0922 e. The first kappa shape index (κ1) is 15.0. The second-order valence-corrected chi connectivity index (χ2v) is 6.73. The Labute approximate surface area is 120 Å². The molecule has 2 heterocycles. The molecule has 0 aromatic carbocycles. The van der Waals surface area contributed by atoms with Crippen LogP contribution < -0.4 is 5.32 Å². The molecule has 4 heteroatoms. The number of rotatable bonds is 6. The average Bonchev–Trinajstić information content (AvgIpc) is 2.91. The van der Waals surface area contributed by atoms with Crippen LogP contribution in [0.1, 0.15) is 38.4 Å². The van der Waals surface area contributed by atoms with Crippen molar-refractivity contribution in [2.75, 3.05) is 26.2 Å². The highest BCUT2D eigenvalue weighted by Gasteiger charge is 2.20. The number of likely N-dealkylation sites (tertiary alicyclic amines) is 1. The van der Waals surface area contributed by atoms with Crippen molar-refractivity contribution in [3.63, 3.8) is 0 Å². The summed E-state index contributed by atoms with van der Waals surface area (Å²) in [5, 5.41) is 17.6. The van der Waals surface area contributed by atoms with Crippen LogP contribution in [0.15, 0.2) is 16.8 Å². The van der Waals surface area contributed by atoms with Gasteiger partial charge in [0.2, 0.25) is 0 Å². The van der Waals surface area contributed by atoms with Gasteiger partial charge in [-0.2, -0.15) is 11.3 Å². The van der Waals surface area contributed by atoms with Crippen molar-refractivity contribution in [2.24, 2.45) is 5.92 Å². The molecule has 1 aliphatic rings. The molecule has 1 saturated heterocycles. The van der Waals surface area contributed by atoms with E-state index in [1.807, 2.05) is 16.8 Å². The summed E-state index contributed by atoms with van der Waals surface area (Å²) >= 11 is 1.64. The molecule has 108 valence electrons. The Morgan fingerprint density at radius 3 is 2.74 bits per heavy atom. The fourth-order valence-corrected chi connectivity index (χ4v) is 3.40. The van der Waals surface area contributed by atoms with Gasteiger partial charge in [-0.05, 0) is 54.2 Å². The molecule has 0 radical (unpaired) electrons. The third-order valence-corrected chi connectivity index (χ3v) is 4.44. The Morgan fingerprint density at radius 2 is 2.16 bits per heavy atom. The van der Waals surface area contributed by atoms with E-state index in [1.54, 1.807) is 11.3 Å². The summed E-state index contributed by atoms with van der Waals surface area (Å²) in [6.07, 6.45) is 2.03. The summed E-state index contributed by atoms with van der Waals surface area (Å²) in [6, 6.07) is 2.57. The topological polar surface area (TPSA) is 35.5 Å². The minimum absolute atomic E-state index is 0.361. The van der Waals surface area contributed by atoms with Crippen LogP contribution in [0.2, 0.25) is 0 Å². The first-order chi connectivity index (χ1) is 9.15. The van der Waals surface area contributed by atoms with Crippen molar-refractivity contribution in [3.8, 4) is 0 Å². The Morgan fingerprint density at radius 1 is 1.42 bits per heavy atom. The van der Waals surface area contributed by atoms with Crippen LogP contribution in [-0.4, -0.2) is 42.2 Å². The van der Waals surface area contributed by atoms with Gasteiger partial charge in [-0.1, -0.05) is 13.8 Å². The molecule has 3 nitrogen and oxygen atoms in total. The molecule has 1 aromatic rings. The van der Waals surface area contributed by atoms with Gasteiger partial charge in [0.15, 0.2) is 0 Å². The van der Waals surface area contributed by atoms with Crippen LogP contribution in [0.3, 0.4) is 0 Å². The second-order valence-electron chi connectivity index (χ2n) is 5.95. The summed E-state index contributed by atoms with van der Waals surface area (Å²) in [6.45, 7) is 8.81. The van der Waals surface area contributed by atoms with Gasteiger partial charge < -0.3 is 15.3 Å². The summed E-state index contributed by atoms with van der Waals surface area (Å²) < 4.78 is 0. The Hall–Kier alpha value is -0.420. The lowest BCUT2D eigenvalue weighted by molar-refractivity contribution is 0.147. The molecule has 0 spiro atoms. The molecule has 0 bridgehead atoms. The molecule has 0 aliphatic carbocycles. The predicted molar refractivity (Wildman–Crippen MR) is 81.6 cm³/mol. The minimum atomic E-state index is -0.361. The number of aliphatic hydroxyl groups is 1. The van der Waals surface area contributed by atoms with Gasteiger partial charge in [-0.15, -0.1) is 0 Å². The summed E-state index contributed by atoms with van der Waals surface area (Å²) in [4.78, 5) is 2.55. The minimum Gasteiger partial charge on any atom is -0.387 e. The number of hydrogen-bond acceptors (Lipinski definition) is 4. The molecule has 2 rings (SSSR count). The van der Waals surface area contributed by atoms with Crippen molar-refractivity contribution < 1.29 is 5.11 Å². The summed E-state index contributed by atoms with van der Waals surface area (Å²) in [7, 11) is 0. The first-order valence-electron chi connectivity index (χ1n) is 7.31. The van der Waals surface area contributed by atoms with E-state index in [4.69, 9.17) is 0 Å². The quantitative estimate of drug-likeness (QED) is 0.841. The Kier molecular flexibility index (Phi) is 5.82. The van der Waals surface area contributed by atoms with Crippen LogP contribution in [0.4, 0.5) is 0 Å². The molecule has 1 atom stereocenters. The highest BCUT2D eigenvalue weighted by Crippen LogP contribution is 2.17. The van der Waals surface area contributed by atoms with Crippen molar-refractivity contribution in [2.45, 2.75) is 38.8 Å². The van der Waals surface area contributed by atoms with E-state index >= 15 is 0 Å². The zero-order chi connectivity index (χ0) is 13.7. The summed E-state index contributed by atoms with van der Waals surface area (Å²) in [5.74, 6) is 0.755. The van der Waals surface area contributed by atoms with E-state index < -0.39 is 0 Å². The maximum absolute atomic E-state index is 10.0. The van der Waals surface area contributed by atoms with Crippen molar-refractivity contribution in [3.05, 3.63) is 22.4 Å². The Balaban J connectivity index is 1.66. The second kappa shape index (κ2) is 7.39. The molecule has 0 amide bonds. The largest absolute Gasteiger partial charge is 0.387 e. The number of thiophene rings is 1. The number of nitrogens with zero attached hydrogens (tertiary/aromatic N) is 1. The first-order valence-corrected chi connectivity index (χ1v) is 8.25. The maximum atomic E-state index is 10.0. The van der Waals surface area contributed by atoms with Gasteiger partial charge in [0.1, 0.15) is 0 Å². The molecule has 1 aromatic heterocycles. The van der Waals surface area contributed by atoms with Crippen molar-refractivity contribution >= 4 is 11.3 Å². The average molecular weight is 282 g/mol. The van der Waals surface area contributed by atoms with Gasteiger partial charge in [-0.25, -0.2) is 0 Å². The molecule has 1 unspecified atom stereocenters. The normalized spacial score (nSPS) is 20.0. The molecular formula is C15H26N2OS. The predicted octanol–water partition coefficient (Wildman–Crippen LogP) is 2.49. The molecule has 2 N–H and O–H groups in total. The lowest BCUT2D eigenvalue weighted by Crippen LogP contribution is -2.44. The van der Waals surface area contributed by atoms with E-state index in [-0.39, 0.29) is 6.10 Å². The molecule has 19 heavy (non-hydrogen) atoms. The van der Waals surface area contributed by atoms with Crippen LogP contribution in [0.5, 0.6) is 0 Å². The zero-order valence-corrected chi connectivity index (χ0v) is 12.8. The lowest BCUT2D eigenvalue weighted by Gasteiger charge is -2.33. The highest BCUT2D eigenvalue weighted by atomic mass is 32.1. The van der Waals surface area contributed by atoms with E-state index in [2.05, 4.69) is 24.1 Å². The molecular weight excluding hydrogens is 256 g/mol. The molecule has 1 aliphatic heterocycles. The van der Waals surface area contributed by atoms with Gasteiger partial charge in [0.25, 0.3) is 0 Å². The SMILES string of the molecule is CC(C)CN1CCC(NCC(O)c2ccsc2)CC1. The molecule has 1 fully saturated rings. The monoisotopic (exact) mass is 282 g/mol. The zero-order valence-electron chi connectivity index (χ0n) is 12.0. The Bertz CT molecular complexity index is 345. The van der Waals surface area contributed by atoms with Gasteiger partial charge in [0, 0.05) is 19.1 Å². The van der Waals surface area contributed by atoms with Gasteiger partial charge >= 0.3 is 0 Å². The fraction of sp³-hybridized carbons (Fsp3) is 0.733. The van der Waals surface area contributed by atoms with Crippen LogP contribution in [-0.2, 0) is 0 Å². The third-order valence-electron chi connectivity index (χ3n) is 3.74. The fourth-order valence-electron chi connectivity index (χ4n) is 2.70. The van der Waals surface area contributed by atoms with Crippen molar-refractivity contribution in [1.29, 1.82) is 0 Å². The van der Waals surface area contributed by atoms with Crippen LogP contribution in [0, 0.1) is 5.92 Å². The highest BCUT2D eigenvalue weighted by molar-refractivity contribution is 7.07. The van der Waals surface area contributed by atoms with Crippen molar-refractivity contribution in [1.82, 2.24) is 10.2 Å². The van der Waals surface area contributed by atoms with Crippen LogP contribution >= 0.6 is 11.3 Å². The third kappa shape index (κ3) is 4.88. The van der Waals surface area contributed by atoms with Crippen LogP contribution in [0.25, 0.3) is 0 Å². The molecule has 0 saturated carbocycles. The standard InChI is InChI=1S/C15H26N2OS/c1-12(2)10-17-6-3-14(4-7-17)16-9-15(18)13-5-8-19-11-13/h5,8,11-12,14-16,18H,3-4,6-7,9-10H2,1-2H3. The number of piperidine rings is 1. The number of aliphatic hydroxyl groups excluding tert-OH is 1. The number of hydrogen-bond donors (Lipinski definition) is 2. The smallest absolute Gasteiger partial charge is 0.0922 e. The van der Waals surface area contributed by atoms with Gasteiger partial charge in [-0.3, -0.25) is 0 Å². The van der Waals surface area contributed by atoms with E-state index in [0.29, 0.717) is 12.6 Å². The van der Waals surface area contributed by atoms with E-state index in [1.165, 1.54) is 32.5 Å². The van der Waals surface area contributed by atoms with E-state index in [0.717, 1.165) is 11.5 Å². The van der Waals surface area contributed by atoms with E-state index in [9.17, 15) is 5.11 Å². The number of nitrogens with one attached hydrogen (secondary N) is 1. The summed E-state index contributed by atoms with van der Waals surface area (Å²) in [5.41, 5.74) is 1.04. The lowest BCUT2D eigenvalue weighted by atomic mass is 10.0. The van der Waals surface area contributed by atoms with Gasteiger partial charge in [0.05, 0.1) is 6.10 Å².